The summed E-state index contributed by atoms with van der Waals surface area (Å²) in [5.41, 5.74) is -0.491. The maximum atomic E-state index is 11.8. The van der Waals surface area contributed by atoms with E-state index in [2.05, 4.69) is 5.92 Å². The molecule has 1 amide bonds. The van der Waals surface area contributed by atoms with Crippen LogP contribution in [0.4, 0.5) is 4.79 Å². The Bertz CT molecular complexity index is 314. The Balaban J connectivity index is 2.56. The van der Waals surface area contributed by atoms with E-state index in [4.69, 9.17) is 11.2 Å². The van der Waals surface area contributed by atoms with Gasteiger partial charge in [0.1, 0.15) is 5.60 Å². The summed E-state index contributed by atoms with van der Waals surface area (Å²) in [7, 11) is 0. The number of aliphatic hydroxyl groups is 1. The third-order valence-corrected chi connectivity index (χ3v) is 2.73. The SMILES string of the molecule is C#CCC1CN(C(=O)OC(C)(C)C)CCC1O. The van der Waals surface area contributed by atoms with E-state index >= 15 is 0 Å². The number of terminal acetylenes is 1. The molecule has 1 fully saturated rings. The first kappa shape index (κ1) is 13.9. The van der Waals surface area contributed by atoms with Gasteiger partial charge in [-0.1, -0.05) is 0 Å². The van der Waals surface area contributed by atoms with Crippen molar-refractivity contribution in [1.29, 1.82) is 0 Å². The summed E-state index contributed by atoms with van der Waals surface area (Å²) in [4.78, 5) is 13.5. The third-order valence-electron chi connectivity index (χ3n) is 2.73. The van der Waals surface area contributed by atoms with Crippen molar-refractivity contribution in [2.24, 2.45) is 5.92 Å². The van der Waals surface area contributed by atoms with Crippen LogP contribution in [0, 0.1) is 18.3 Å². The van der Waals surface area contributed by atoms with Crippen molar-refractivity contribution < 1.29 is 14.6 Å². The zero-order valence-corrected chi connectivity index (χ0v) is 10.8. The van der Waals surface area contributed by atoms with Crippen molar-refractivity contribution in [3.8, 4) is 12.3 Å². The second-order valence-electron chi connectivity index (χ2n) is 5.45. The summed E-state index contributed by atoms with van der Waals surface area (Å²) < 4.78 is 5.29. The molecule has 2 unspecified atom stereocenters. The molecular weight excluding hydrogens is 218 g/mol. The minimum absolute atomic E-state index is 0.0405. The van der Waals surface area contributed by atoms with E-state index in [1.807, 2.05) is 20.8 Å². The quantitative estimate of drug-likeness (QED) is 0.707. The number of piperidine rings is 1. The Morgan fingerprint density at radius 3 is 2.76 bits per heavy atom. The number of likely N-dealkylation sites (tertiary alicyclic amines) is 1. The van der Waals surface area contributed by atoms with Crippen molar-refractivity contribution in [2.45, 2.75) is 45.3 Å². The number of rotatable bonds is 1. The fourth-order valence-electron chi connectivity index (χ4n) is 1.86. The first-order valence-electron chi connectivity index (χ1n) is 5.93. The molecule has 17 heavy (non-hydrogen) atoms. The number of hydrogen-bond donors (Lipinski definition) is 1. The van der Waals surface area contributed by atoms with Gasteiger partial charge in [0, 0.05) is 25.4 Å². The van der Waals surface area contributed by atoms with Crippen molar-refractivity contribution in [3.63, 3.8) is 0 Å². The van der Waals surface area contributed by atoms with Gasteiger partial charge in [0.2, 0.25) is 0 Å². The largest absolute Gasteiger partial charge is 0.444 e. The molecule has 1 aliphatic rings. The first-order chi connectivity index (χ1) is 7.83. The summed E-state index contributed by atoms with van der Waals surface area (Å²) in [5, 5.41) is 9.76. The molecule has 0 aromatic rings. The van der Waals surface area contributed by atoms with Gasteiger partial charge in [0.05, 0.1) is 6.10 Å². The van der Waals surface area contributed by atoms with Gasteiger partial charge in [-0.3, -0.25) is 0 Å². The van der Waals surface area contributed by atoms with Gasteiger partial charge >= 0.3 is 6.09 Å². The van der Waals surface area contributed by atoms with Gasteiger partial charge in [-0.05, 0) is 27.2 Å². The monoisotopic (exact) mass is 239 g/mol. The Labute approximate surface area is 103 Å². The smallest absolute Gasteiger partial charge is 0.410 e. The third kappa shape index (κ3) is 4.27. The standard InChI is InChI=1S/C13H21NO3/c1-5-6-10-9-14(8-7-11(10)15)12(16)17-13(2,3)4/h1,10-11,15H,6-9H2,2-4H3. The summed E-state index contributed by atoms with van der Waals surface area (Å²) in [5.74, 6) is 2.50. The van der Waals surface area contributed by atoms with E-state index in [1.54, 1.807) is 4.90 Å². The maximum absolute atomic E-state index is 11.8. The average Bonchev–Trinajstić information content (AvgIpc) is 2.19. The van der Waals surface area contributed by atoms with Crippen LogP contribution in [0.1, 0.15) is 33.6 Å². The average molecular weight is 239 g/mol. The molecule has 1 N–H and O–H groups in total. The van der Waals surface area contributed by atoms with Crippen LogP contribution in [0.25, 0.3) is 0 Å². The summed E-state index contributed by atoms with van der Waals surface area (Å²) in [6.07, 6.45) is 5.56. The topological polar surface area (TPSA) is 49.8 Å². The van der Waals surface area contributed by atoms with Gasteiger partial charge in [-0.2, -0.15) is 0 Å². The van der Waals surface area contributed by atoms with E-state index in [9.17, 15) is 9.90 Å². The summed E-state index contributed by atoms with van der Waals surface area (Å²) >= 11 is 0. The van der Waals surface area contributed by atoms with Crippen LogP contribution in [0.3, 0.4) is 0 Å². The molecule has 1 saturated heterocycles. The lowest BCUT2D eigenvalue weighted by atomic mass is 9.92. The summed E-state index contributed by atoms with van der Waals surface area (Å²) in [6.45, 7) is 6.51. The molecule has 1 aliphatic heterocycles. The van der Waals surface area contributed by atoms with Gasteiger partial charge < -0.3 is 14.7 Å². The molecule has 0 spiro atoms. The molecule has 0 saturated carbocycles. The molecule has 1 heterocycles. The number of carbonyl (C=O) groups is 1. The van der Waals surface area contributed by atoms with Crippen molar-refractivity contribution in [3.05, 3.63) is 0 Å². The molecule has 0 radical (unpaired) electrons. The lowest BCUT2D eigenvalue weighted by Crippen LogP contribution is -2.47. The highest BCUT2D eigenvalue weighted by Gasteiger charge is 2.31. The zero-order valence-electron chi connectivity index (χ0n) is 10.8. The minimum atomic E-state index is -0.491. The molecule has 1 rings (SSSR count). The molecule has 0 aliphatic carbocycles. The molecular formula is C13H21NO3. The van der Waals surface area contributed by atoms with Crippen LogP contribution >= 0.6 is 0 Å². The van der Waals surface area contributed by atoms with Crippen LogP contribution in [-0.4, -0.2) is 40.9 Å². The molecule has 0 aromatic carbocycles. The fourth-order valence-corrected chi connectivity index (χ4v) is 1.86. The molecule has 0 aromatic heterocycles. The fraction of sp³-hybridized carbons (Fsp3) is 0.769. The van der Waals surface area contributed by atoms with Crippen molar-refractivity contribution in [2.75, 3.05) is 13.1 Å². The van der Waals surface area contributed by atoms with Crippen molar-refractivity contribution >= 4 is 6.09 Å². The van der Waals surface area contributed by atoms with Gasteiger partial charge in [0.15, 0.2) is 0 Å². The Morgan fingerprint density at radius 1 is 1.59 bits per heavy atom. The number of ether oxygens (including phenoxy) is 1. The van der Waals surface area contributed by atoms with Crippen molar-refractivity contribution in [1.82, 2.24) is 4.90 Å². The Kier molecular flexibility index (Phi) is 4.41. The second-order valence-corrected chi connectivity index (χ2v) is 5.45. The minimum Gasteiger partial charge on any atom is -0.444 e. The number of aliphatic hydroxyl groups excluding tert-OH is 1. The molecule has 0 bridgehead atoms. The zero-order chi connectivity index (χ0) is 13.1. The highest BCUT2D eigenvalue weighted by atomic mass is 16.6. The lowest BCUT2D eigenvalue weighted by molar-refractivity contribution is -0.00733. The van der Waals surface area contributed by atoms with E-state index < -0.39 is 11.7 Å². The van der Waals surface area contributed by atoms with E-state index in [0.29, 0.717) is 25.9 Å². The van der Waals surface area contributed by atoms with Crippen LogP contribution in [0.2, 0.25) is 0 Å². The number of hydrogen-bond acceptors (Lipinski definition) is 3. The van der Waals surface area contributed by atoms with E-state index in [-0.39, 0.29) is 12.0 Å². The van der Waals surface area contributed by atoms with E-state index in [0.717, 1.165) is 0 Å². The van der Waals surface area contributed by atoms with Gasteiger partial charge in [0.25, 0.3) is 0 Å². The van der Waals surface area contributed by atoms with Crippen LogP contribution in [-0.2, 0) is 4.74 Å². The number of amides is 1. The molecule has 4 nitrogen and oxygen atoms in total. The normalized spacial score (nSPS) is 25.2. The first-order valence-corrected chi connectivity index (χ1v) is 5.93. The Hall–Kier alpha value is -1.21. The second kappa shape index (κ2) is 5.42. The highest BCUT2D eigenvalue weighted by Crippen LogP contribution is 2.21. The molecule has 96 valence electrons. The predicted molar refractivity (Wildman–Crippen MR) is 65.4 cm³/mol. The number of carbonyl (C=O) groups excluding carboxylic acids is 1. The molecule has 4 heteroatoms. The molecule has 2 atom stereocenters. The maximum Gasteiger partial charge on any atom is 0.410 e. The van der Waals surface area contributed by atoms with Gasteiger partial charge in [-0.25, -0.2) is 4.79 Å². The van der Waals surface area contributed by atoms with E-state index in [1.165, 1.54) is 0 Å². The van der Waals surface area contributed by atoms with Gasteiger partial charge in [-0.15, -0.1) is 12.3 Å². The predicted octanol–water partition coefficient (Wildman–Crippen LogP) is 1.63. The van der Waals surface area contributed by atoms with Crippen LogP contribution in [0.15, 0.2) is 0 Å². The highest BCUT2D eigenvalue weighted by molar-refractivity contribution is 5.68. The Morgan fingerprint density at radius 2 is 2.24 bits per heavy atom. The number of nitrogens with zero attached hydrogens (tertiary/aromatic N) is 1. The van der Waals surface area contributed by atoms with Crippen LogP contribution in [0.5, 0.6) is 0 Å². The summed E-state index contributed by atoms with van der Waals surface area (Å²) in [6, 6.07) is 0. The van der Waals surface area contributed by atoms with Crippen LogP contribution < -0.4 is 0 Å². The lowest BCUT2D eigenvalue weighted by Gasteiger charge is -2.36.